The molecule has 0 amide bonds. The van der Waals surface area contributed by atoms with Crippen LogP contribution >= 0.6 is 27.0 Å². The Labute approximate surface area is 106 Å². The van der Waals surface area contributed by atoms with Crippen LogP contribution in [0.3, 0.4) is 0 Å². The summed E-state index contributed by atoms with van der Waals surface area (Å²) in [6.07, 6.45) is 0. The Bertz CT molecular complexity index is 344. The van der Waals surface area contributed by atoms with Gasteiger partial charge in [0.25, 0.3) is 0 Å². The molecular formula is C10H20ClN3P2. The Morgan fingerprint density at radius 3 is 2.12 bits per heavy atom. The molecule has 6 heteroatoms. The number of nitrogens with zero attached hydrogens (tertiary/aromatic N) is 3. The average Bonchev–Trinajstić information content (AvgIpc) is 2.43. The van der Waals surface area contributed by atoms with E-state index in [-0.39, 0.29) is 0 Å². The van der Waals surface area contributed by atoms with Crippen LogP contribution in [-0.4, -0.2) is 26.3 Å². The Kier molecular flexibility index (Phi) is 5.19. The summed E-state index contributed by atoms with van der Waals surface area (Å²) in [4.78, 5) is 0. The van der Waals surface area contributed by atoms with Crippen molar-refractivity contribution in [1.29, 1.82) is 0 Å². The van der Waals surface area contributed by atoms with Crippen LogP contribution in [-0.2, 0) is 7.05 Å². The van der Waals surface area contributed by atoms with Gasteiger partial charge in [0.05, 0.1) is 10.7 Å². The molecule has 1 aromatic rings. The molecule has 1 atom stereocenters. The lowest BCUT2D eigenvalue weighted by atomic mass is 10.3. The second-order valence-electron chi connectivity index (χ2n) is 4.43. The summed E-state index contributed by atoms with van der Waals surface area (Å²) < 4.78 is 4.30. The van der Waals surface area contributed by atoms with Crippen molar-refractivity contribution in [2.45, 2.75) is 46.7 Å². The first-order valence-electron chi connectivity index (χ1n) is 5.46. The fraction of sp³-hybridized carbons (Fsp3) is 0.800. The summed E-state index contributed by atoms with van der Waals surface area (Å²) in [5.74, 6) is 0. The molecule has 0 saturated carbocycles. The second-order valence-corrected chi connectivity index (χ2v) is 8.39. The molecule has 0 radical (unpaired) electrons. The van der Waals surface area contributed by atoms with Gasteiger partial charge in [0.1, 0.15) is 7.43 Å². The highest BCUT2D eigenvalue weighted by atomic mass is 35.7. The first-order chi connectivity index (χ1) is 7.34. The van der Waals surface area contributed by atoms with E-state index in [9.17, 15) is 0 Å². The van der Waals surface area contributed by atoms with Crippen molar-refractivity contribution in [3.05, 3.63) is 5.69 Å². The van der Waals surface area contributed by atoms with Crippen molar-refractivity contribution in [1.82, 2.24) is 14.2 Å². The van der Waals surface area contributed by atoms with E-state index < -0.39 is 7.43 Å². The third kappa shape index (κ3) is 3.17. The summed E-state index contributed by atoms with van der Waals surface area (Å²) in [6.45, 7) is 10.8. The van der Waals surface area contributed by atoms with Crippen molar-refractivity contribution < 1.29 is 0 Å². The molecule has 3 nitrogen and oxygen atoms in total. The fourth-order valence-electron chi connectivity index (χ4n) is 1.78. The summed E-state index contributed by atoms with van der Waals surface area (Å²) in [5, 5.41) is 5.66. The Morgan fingerprint density at radius 2 is 1.81 bits per heavy atom. The highest BCUT2D eigenvalue weighted by Crippen LogP contribution is 2.49. The summed E-state index contributed by atoms with van der Waals surface area (Å²) in [6, 6.07) is 0.926. The van der Waals surface area contributed by atoms with Crippen LogP contribution in [0.5, 0.6) is 0 Å². The molecule has 0 fully saturated rings. The highest BCUT2D eigenvalue weighted by Gasteiger charge is 2.26. The quantitative estimate of drug-likeness (QED) is 0.785. The van der Waals surface area contributed by atoms with E-state index in [1.165, 1.54) is 5.04 Å². The van der Waals surface area contributed by atoms with Crippen LogP contribution in [0.25, 0.3) is 0 Å². The zero-order chi connectivity index (χ0) is 12.5. The molecule has 0 aliphatic carbocycles. The second kappa shape index (κ2) is 5.78. The van der Waals surface area contributed by atoms with E-state index in [1.54, 1.807) is 0 Å². The molecule has 1 aromatic heterocycles. The number of aryl methyl sites for hydroxylation is 2. The van der Waals surface area contributed by atoms with Gasteiger partial charge < -0.3 is 0 Å². The van der Waals surface area contributed by atoms with Crippen LogP contribution in [0.2, 0.25) is 0 Å². The van der Waals surface area contributed by atoms with Gasteiger partial charge in [-0.15, -0.1) is 0 Å². The minimum Gasteiger partial charge on any atom is -0.261 e. The summed E-state index contributed by atoms with van der Waals surface area (Å²) in [5.41, 5.74) is 1.08. The van der Waals surface area contributed by atoms with Crippen LogP contribution in [0.15, 0.2) is 0 Å². The van der Waals surface area contributed by atoms with Gasteiger partial charge in [-0.05, 0) is 34.6 Å². The number of halogens is 1. The molecule has 1 rings (SSSR count). The molecule has 0 N–H and O–H groups in total. The van der Waals surface area contributed by atoms with Gasteiger partial charge in [-0.2, -0.15) is 5.10 Å². The molecule has 0 aliphatic heterocycles. The predicted octanol–water partition coefficient (Wildman–Crippen LogP) is 3.60. The van der Waals surface area contributed by atoms with Crippen LogP contribution in [0.4, 0.5) is 0 Å². The Morgan fingerprint density at radius 1 is 1.31 bits per heavy atom. The monoisotopic (exact) mass is 279 g/mol. The molecule has 0 aromatic carbocycles. The third-order valence-corrected chi connectivity index (χ3v) is 7.41. The smallest absolute Gasteiger partial charge is 0.103 e. The van der Waals surface area contributed by atoms with Gasteiger partial charge in [-0.3, -0.25) is 4.67 Å². The largest absolute Gasteiger partial charge is 0.261 e. The minimum absolute atomic E-state index is 0.463. The molecule has 1 heterocycles. The topological polar surface area (TPSA) is 21.1 Å². The highest BCUT2D eigenvalue weighted by molar-refractivity contribution is 7.92. The molecule has 92 valence electrons. The Balaban J connectivity index is 2.99. The lowest BCUT2D eigenvalue weighted by molar-refractivity contribution is 0.329. The van der Waals surface area contributed by atoms with E-state index in [4.69, 9.17) is 11.2 Å². The van der Waals surface area contributed by atoms with E-state index in [0.29, 0.717) is 12.1 Å². The summed E-state index contributed by atoms with van der Waals surface area (Å²) in [7, 11) is 2.36. The molecule has 0 aliphatic rings. The van der Waals surface area contributed by atoms with Crippen LogP contribution in [0, 0.1) is 6.92 Å². The van der Waals surface area contributed by atoms with E-state index in [2.05, 4.69) is 37.5 Å². The SMILES string of the molecule is Cc1nn(C)pc1P(Cl)N(C(C)C)C(C)C. The molecule has 0 saturated heterocycles. The summed E-state index contributed by atoms with van der Waals surface area (Å²) >= 11 is 6.64. The molecule has 1 unspecified atom stereocenters. The first kappa shape index (κ1) is 14.4. The number of hydrogen-bond donors (Lipinski definition) is 0. The molecule has 0 bridgehead atoms. The van der Waals surface area contributed by atoms with Crippen molar-refractivity contribution in [3.63, 3.8) is 0 Å². The predicted molar refractivity (Wildman–Crippen MR) is 75.0 cm³/mol. The zero-order valence-electron chi connectivity index (χ0n) is 10.8. The van der Waals surface area contributed by atoms with Crippen LogP contribution < -0.4 is 5.04 Å². The lowest BCUT2D eigenvalue weighted by Gasteiger charge is -2.33. The average molecular weight is 280 g/mol. The van der Waals surface area contributed by atoms with E-state index >= 15 is 0 Å². The van der Waals surface area contributed by atoms with Crippen LogP contribution in [0.1, 0.15) is 33.4 Å². The normalized spacial score (nSPS) is 14.6. The third-order valence-electron chi connectivity index (χ3n) is 2.29. The maximum atomic E-state index is 6.64. The van der Waals surface area contributed by atoms with Gasteiger partial charge in [-0.1, -0.05) is 11.2 Å². The van der Waals surface area contributed by atoms with Gasteiger partial charge in [0.2, 0.25) is 0 Å². The number of aromatic nitrogens is 2. The number of hydrogen-bond acceptors (Lipinski definition) is 2. The molecule has 0 spiro atoms. The maximum absolute atomic E-state index is 6.64. The van der Waals surface area contributed by atoms with Crippen molar-refractivity contribution >= 4 is 32.1 Å². The molecular weight excluding hydrogens is 260 g/mol. The maximum Gasteiger partial charge on any atom is 0.103 e. The first-order valence-corrected chi connectivity index (χ1v) is 8.51. The van der Waals surface area contributed by atoms with Gasteiger partial charge in [0.15, 0.2) is 0 Å². The fourth-order valence-corrected chi connectivity index (χ4v) is 6.47. The van der Waals surface area contributed by atoms with Gasteiger partial charge in [-0.25, -0.2) is 4.44 Å². The zero-order valence-corrected chi connectivity index (χ0v) is 13.3. The standard InChI is InChI=1S/C10H20ClN3P2/c1-7(2)14(8(3)4)16(11)10-9(5)12-13(6)15-10/h7-8H,1-6H3. The van der Waals surface area contributed by atoms with Gasteiger partial charge in [0, 0.05) is 27.5 Å². The van der Waals surface area contributed by atoms with Gasteiger partial charge >= 0.3 is 0 Å². The van der Waals surface area contributed by atoms with Crippen molar-refractivity contribution in [3.8, 4) is 0 Å². The van der Waals surface area contributed by atoms with E-state index in [0.717, 1.165) is 14.0 Å². The minimum atomic E-state index is -0.753. The molecule has 16 heavy (non-hydrogen) atoms. The number of rotatable bonds is 4. The Hall–Kier alpha value is 0.320. The van der Waals surface area contributed by atoms with Crippen molar-refractivity contribution in [2.24, 2.45) is 7.05 Å². The van der Waals surface area contributed by atoms with Crippen molar-refractivity contribution in [2.75, 3.05) is 0 Å². The van der Waals surface area contributed by atoms with E-state index in [1.807, 2.05) is 18.4 Å². The lowest BCUT2D eigenvalue weighted by Crippen LogP contribution is -2.33.